The molecule has 0 N–H and O–H groups in total. The minimum Gasteiger partial charge on any atom is -0.368 e. The Morgan fingerprint density at radius 1 is 1.07 bits per heavy atom. The molecule has 2 fully saturated rings. The lowest BCUT2D eigenvalue weighted by molar-refractivity contribution is -0.117. The fourth-order valence-electron chi connectivity index (χ4n) is 3.93. The van der Waals surface area contributed by atoms with Crippen molar-refractivity contribution in [1.29, 1.82) is 0 Å². The first-order valence-corrected chi connectivity index (χ1v) is 11.2. The quantitative estimate of drug-likeness (QED) is 0.687. The molecule has 2 saturated heterocycles. The van der Waals surface area contributed by atoms with Gasteiger partial charge in [-0.1, -0.05) is 18.3 Å². The highest BCUT2D eigenvalue weighted by Gasteiger charge is 2.30. The smallest absolute Gasteiger partial charge is 0.266 e. The zero-order valence-corrected chi connectivity index (χ0v) is 18.2. The highest BCUT2D eigenvalue weighted by atomic mass is 32.1. The third kappa shape index (κ3) is 3.96. The number of carbonyl (C=O) groups is 3. The molecule has 0 atom stereocenters. The molecule has 0 radical (unpaired) electrons. The predicted molar refractivity (Wildman–Crippen MR) is 118 cm³/mol. The minimum absolute atomic E-state index is 0.00817. The van der Waals surface area contributed by atoms with Crippen LogP contribution in [-0.4, -0.2) is 60.2 Å². The van der Waals surface area contributed by atoms with E-state index in [0.717, 1.165) is 30.9 Å². The van der Waals surface area contributed by atoms with Gasteiger partial charge in [0.1, 0.15) is 4.88 Å². The molecule has 0 unspecified atom stereocenters. The fraction of sp³-hybridized carbons (Fsp3) is 0.455. The molecular formula is C22H26N4O3S. The van der Waals surface area contributed by atoms with Crippen molar-refractivity contribution in [2.24, 2.45) is 0 Å². The van der Waals surface area contributed by atoms with Gasteiger partial charge in [-0.05, 0) is 44.0 Å². The van der Waals surface area contributed by atoms with Crippen molar-refractivity contribution in [3.8, 4) is 0 Å². The first-order chi connectivity index (χ1) is 14.5. The zero-order valence-electron chi connectivity index (χ0n) is 17.4. The van der Waals surface area contributed by atoms with Crippen molar-refractivity contribution >= 4 is 39.8 Å². The maximum atomic E-state index is 13.2. The Labute approximate surface area is 180 Å². The molecule has 30 heavy (non-hydrogen) atoms. The molecule has 4 rings (SSSR count). The number of anilines is 2. The summed E-state index contributed by atoms with van der Waals surface area (Å²) in [4.78, 5) is 47.8. The van der Waals surface area contributed by atoms with Crippen LogP contribution in [0.25, 0.3) is 0 Å². The monoisotopic (exact) mass is 426 g/mol. The second kappa shape index (κ2) is 8.55. The summed E-state index contributed by atoms with van der Waals surface area (Å²) in [5, 5.41) is 0.655. The number of hydrogen-bond acceptors (Lipinski definition) is 6. The maximum Gasteiger partial charge on any atom is 0.266 e. The number of piperazine rings is 1. The van der Waals surface area contributed by atoms with Gasteiger partial charge in [0, 0.05) is 50.4 Å². The average Bonchev–Trinajstić information content (AvgIpc) is 3.39. The Morgan fingerprint density at radius 2 is 1.77 bits per heavy atom. The summed E-state index contributed by atoms with van der Waals surface area (Å²) in [6.45, 7) is 6.98. The molecule has 158 valence electrons. The van der Waals surface area contributed by atoms with Crippen LogP contribution in [0.3, 0.4) is 0 Å². The van der Waals surface area contributed by atoms with Gasteiger partial charge in [-0.2, -0.15) is 0 Å². The van der Waals surface area contributed by atoms with E-state index >= 15 is 0 Å². The highest BCUT2D eigenvalue weighted by molar-refractivity contribution is 7.17. The third-order valence-electron chi connectivity index (χ3n) is 5.73. The summed E-state index contributed by atoms with van der Waals surface area (Å²) in [5.74, 6) is 0.159. The summed E-state index contributed by atoms with van der Waals surface area (Å²) in [5.41, 5.74) is 2.55. The number of aromatic nitrogens is 1. The van der Waals surface area contributed by atoms with E-state index in [1.165, 1.54) is 11.3 Å². The number of rotatable bonds is 5. The molecule has 2 amide bonds. The van der Waals surface area contributed by atoms with Crippen molar-refractivity contribution in [3.05, 3.63) is 40.4 Å². The van der Waals surface area contributed by atoms with Gasteiger partial charge in [-0.25, -0.2) is 4.98 Å². The fourth-order valence-corrected chi connectivity index (χ4v) is 5.10. The molecule has 7 nitrogen and oxygen atoms in total. The summed E-state index contributed by atoms with van der Waals surface area (Å²) < 4.78 is 0. The van der Waals surface area contributed by atoms with Gasteiger partial charge in [0.15, 0.2) is 10.9 Å². The molecule has 1 aromatic heterocycles. The summed E-state index contributed by atoms with van der Waals surface area (Å²) in [6.07, 6.45) is 2.07. The van der Waals surface area contributed by atoms with Crippen LogP contribution in [0.1, 0.15) is 52.4 Å². The van der Waals surface area contributed by atoms with Crippen molar-refractivity contribution in [2.75, 3.05) is 42.5 Å². The number of thiazole rings is 1. The largest absolute Gasteiger partial charge is 0.368 e. The normalized spacial score (nSPS) is 17.0. The lowest BCUT2D eigenvalue weighted by Crippen LogP contribution is -2.48. The van der Waals surface area contributed by atoms with Crippen LogP contribution in [0.4, 0.5) is 10.8 Å². The highest BCUT2D eigenvalue weighted by Crippen LogP contribution is 2.31. The number of Topliss-reactive ketones (excluding diaryl/α,β-unsaturated/α-hetero) is 1. The number of amides is 2. The number of benzene rings is 1. The molecule has 1 aromatic carbocycles. The van der Waals surface area contributed by atoms with Gasteiger partial charge < -0.3 is 9.80 Å². The second-order valence-electron chi connectivity index (χ2n) is 7.66. The van der Waals surface area contributed by atoms with Gasteiger partial charge in [0.2, 0.25) is 5.91 Å². The van der Waals surface area contributed by atoms with Crippen molar-refractivity contribution in [2.45, 2.75) is 33.1 Å². The Morgan fingerprint density at radius 3 is 2.33 bits per heavy atom. The first-order valence-electron chi connectivity index (χ1n) is 10.4. The molecule has 0 spiro atoms. The SMILES string of the molecule is CCc1nc(N2CCCC2=O)sc1C(=O)N1CCN(c2ccc(C(C)=O)cc2)CC1. The number of ketones is 1. The van der Waals surface area contributed by atoms with E-state index in [0.29, 0.717) is 48.0 Å². The first kappa shape index (κ1) is 20.5. The molecule has 2 aliphatic heterocycles. The van der Waals surface area contributed by atoms with Crippen LogP contribution >= 0.6 is 11.3 Å². The van der Waals surface area contributed by atoms with Gasteiger partial charge in [0.05, 0.1) is 5.69 Å². The molecule has 3 heterocycles. The van der Waals surface area contributed by atoms with Crippen LogP contribution in [0, 0.1) is 0 Å². The summed E-state index contributed by atoms with van der Waals surface area (Å²) >= 11 is 1.35. The summed E-state index contributed by atoms with van der Waals surface area (Å²) in [6, 6.07) is 7.63. The lowest BCUT2D eigenvalue weighted by Gasteiger charge is -2.36. The van der Waals surface area contributed by atoms with Crippen molar-refractivity contribution in [1.82, 2.24) is 9.88 Å². The van der Waals surface area contributed by atoms with E-state index in [2.05, 4.69) is 9.88 Å². The van der Waals surface area contributed by atoms with Gasteiger partial charge in [-0.15, -0.1) is 0 Å². The topological polar surface area (TPSA) is 73.8 Å². The van der Waals surface area contributed by atoms with E-state index in [4.69, 9.17) is 0 Å². The molecule has 0 saturated carbocycles. The van der Waals surface area contributed by atoms with E-state index in [9.17, 15) is 14.4 Å². The van der Waals surface area contributed by atoms with Crippen LogP contribution in [0.5, 0.6) is 0 Å². The Kier molecular flexibility index (Phi) is 5.85. The Balaban J connectivity index is 1.43. The molecule has 0 bridgehead atoms. The predicted octanol–water partition coefficient (Wildman–Crippen LogP) is 3.00. The number of hydrogen-bond donors (Lipinski definition) is 0. The second-order valence-corrected chi connectivity index (χ2v) is 8.63. The number of aryl methyl sites for hydroxylation is 1. The maximum absolute atomic E-state index is 13.2. The van der Waals surface area contributed by atoms with Gasteiger partial charge in [0.25, 0.3) is 5.91 Å². The third-order valence-corrected chi connectivity index (χ3v) is 6.83. The average molecular weight is 427 g/mol. The van der Waals surface area contributed by atoms with Crippen LogP contribution in [0.2, 0.25) is 0 Å². The van der Waals surface area contributed by atoms with E-state index < -0.39 is 0 Å². The molecule has 8 heteroatoms. The number of nitrogens with zero attached hydrogens (tertiary/aromatic N) is 4. The van der Waals surface area contributed by atoms with Crippen molar-refractivity contribution < 1.29 is 14.4 Å². The standard InChI is InChI=1S/C22H26N4O3S/c1-3-18-20(30-22(23-18)26-10-4-5-19(26)28)21(29)25-13-11-24(12-14-25)17-8-6-16(7-9-17)15(2)27/h6-9H,3-5,10-14H2,1-2H3. The van der Waals surface area contributed by atoms with Crippen molar-refractivity contribution in [3.63, 3.8) is 0 Å². The van der Waals surface area contributed by atoms with Gasteiger partial charge in [-0.3, -0.25) is 19.3 Å². The van der Waals surface area contributed by atoms with E-state index in [-0.39, 0.29) is 17.6 Å². The molecule has 0 aliphatic carbocycles. The molecule has 2 aromatic rings. The van der Waals surface area contributed by atoms with Crippen LogP contribution in [0.15, 0.2) is 24.3 Å². The van der Waals surface area contributed by atoms with Gasteiger partial charge >= 0.3 is 0 Å². The lowest BCUT2D eigenvalue weighted by atomic mass is 10.1. The Hall–Kier alpha value is -2.74. The zero-order chi connectivity index (χ0) is 21.3. The molecular weight excluding hydrogens is 400 g/mol. The van der Waals surface area contributed by atoms with E-state index in [1.807, 2.05) is 36.1 Å². The molecule has 2 aliphatic rings. The minimum atomic E-state index is 0.00817. The van der Waals surface area contributed by atoms with E-state index in [1.54, 1.807) is 11.8 Å². The summed E-state index contributed by atoms with van der Waals surface area (Å²) in [7, 11) is 0. The number of carbonyl (C=O) groups excluding carboxylic acids is 3. The Bertz CT molecular complexity index is 961. The van der Waals surface area contributed by atoms with Crippen LogP contribution in [-0.2, 0) is 11.2 Å². The van der Waals surface area contributed by atoms with Crippen LogP contribution < -0.4 is 9.80 Å².